The first kappa shape index (κ1) is 17.4. The molecule has 2 aromatic carbocycles. The summed E-state index contributed by atoms with van der Waals surface area (Å²) >= 11 is 6.16. The van der Waals surface area contributed by atoms with E-state index in [1.165, 1.54) is 22.4 Å². The molecule has 4 heteroatoms. The van der Waals surface area contributed by atoms with Crippen LogP contribution < -0.4 is 4.90 Å². The van der Waals surface area contributed by atoms with Gasteiger partial charge in [0, 0.05) is 42.8 Å². The van der Waals surface area contributed by atoms with E-state index in [1.54, 1.807) is 0 Å². The fourth-order valence-corrected chi connectivity index (χ4v) is 4.23. The van der Waals surface area contributed by atoms with Crippen LogP contribution in [0.15, 0.2) is 42.5 Å². The first-order chi connectivity index (χ1) is 12.5. The zero-order chi connectivity index (χ0) is 18.3. The fourth-order valence-electron chi connectivity index (χ4n) is 4.06. The summed E-state index contributed by atoms with van der Waals surface area (Å²) in [5, 5.41) is 0.767. The summed E-state index contributed by atoms with van der Waals surface area (Å²) in [4.78, 5) is 17.3. The van der Waals surface area contributed by atoms with E-state index < -0.39 is 0 Å². The van der Waals surface area contributed by atoms with Crippen molar-refractivity contribution >= 4 is 23.2 Å². The summed E-state index contributed by atoms with van der Waals surface area (Å²) in [7, 11) is 0. The Morgan fingerprint density at radius 3 is 2.54 bits per heavy atom. The number of carbonyl (C=O) groups is 1. The highest BCUT2D eigenvalue weighted by atomic mass is 35.5. The van der Waals surface area contributed by atoms with Gasteiger partial charge in [-0.3, -0.25) is 4.79 Å². The number of hydrogen-bond acceptors (Lipinski definition) is 2. The van der Waals surface area contributed by atoms with Gasteiger partial charge in [0.05, 0.1) is 0 Å². The molecule has 0 radical (unpaired) electrons. The molecule has 2 fully saturated rings. The van der Waals surface area contributed by atoms with Gasteiger partial charge in [0.25, 0.3) is 0 Å². The number of rotatable bonds is 3. The first-order valence-corrected chi connectivity index (χ1v) is 9.77. The highest BCUT2D eigenvalue weighted by Gasteiger charge is 2.46. The van der Waals surface area contributed by atoms with Crippen LogP contribution in [0.25, 0.3) is 0 Å². The number of carbonyl (C=O) groups excluding carboxylic acids is 1. The third kappa shape index (κ3) is 3.45. The van der Waals surface area contributed by atoms with Gasteiger partial charge in [-0.15, -0.1) is 0 Å². The van der Waals surface area contributed by atoms with Crippen molar-refractivity contribution in [2.24, 2.45) is 5.92 Å². The monoisotopic (exact) mass is 368 g/mol. The largest absolute Gasteiger partial charge is 0.368 e. The molecule has 1 saturated heterocycles. The van der Waals surface area contributed by atoms with Gasteiger partial charge in [0.15, 0.2) is 0 Å². The smallest absolute Gasteiger partial charge is 0.226 e. The summed E-state index contributed by atoms with van der Waals surface area (Å²) in [5.41, 5.74) is 5.01. The lowest BCUT2D eigenvalue weighted by Crippen LogP contribution is -2.49. The molecule has 4 rings (SSSR count). The lowest BCUT2D eigenvalue weighted by atomic mass is 10.1. The minimum atomic E-state index is 0.177. The molecule has 1 amide bonds. The molecule has 0 N–H and O–H groups in total. The molecule has 2 atom stereocenters. The second-order valence-corrected chi connectivity index (χ2v) is 8.04. The Labute approximate surface area is 160 Å². The third-order valence-electron chi connectivity index (χ3n) is 5.68. The van der Waals surface area contributed by atoms with Crippen molar-refractivity contribution in [2.75, 3.05) is 31.1 Å². The number of anilines is 1. The van der Waals surface area contributed by atoms with Gasteiger partial charge in [0.1, 0.15) is 0 Å². The zero-order valence-electron chi connectivity index (χ0n) is 15.4. The molecule has 0 spiro atoms. The van der Waals surface area contributed by atoms with Crippen molar-refractivity contribution in [2.45, 2.75) is 26.2 Å². The summed E-state index contributed by atoms with van der Waals surface area (Å²) in [5.74, 6) is 0.922. The van der Waals surface area contributed by atoms with E-state index in [2.05, 4.69) is 54.0 Å². The lowest BCUT2D eigenvalue weighted by Gasteiger charge is -2.37. The van der Waals surface area contributed by atoms with Crippen LogP contribution in [0.2, 0.25) is 5.02 Å². The second kappa shape index (κ2) is 6.96. The van der Waals surface area contributed by atoms with Crippen molar-refractivity contribution in [3.05, 3.63) is 64.2 Å². The van der Waals surface area contributed by atoms with Crippen LogP contribution in [0.4, 0.5) is 5.69 Å². The number of benzene rings is 2. The van der Waals surface area contributed by atoms with E-state index in [1.807, 2.05) is 12.1 Å². The van der Waals surface area contributed by atoms with Gasteiger partial charge < -0.3 is 9.80 Å². The Kier molecular flexibility index (Phi) is 4.66. The molecule has 1 aliphatic heterocycles. The quantitative estimate of drug-likeness (QED) is 0.801. The number of piperazine rings is 1. The molecule has 26 heavy (non-hydrogen) atoms. The minimum absolute atomic E-state index is 0.177. The molecular formula is C22H25ClN2O. The van der Waals surface area contributed by atoms with Crippen LogP contribution in [-0.2, 0) is 4.79 Å². The van der Waals surface area contributed by atoms with E-state index >= 15 is 0 Å². The maximum absolute atomic E-state index is 12.9. The summed E-state index contributed by atoms with van der Waals surface area (Å²) in [6.45, 7) is 7.55. The average molecular weight is 369 g/mol. The molecule has 3 nitrogen and oxygen atoms in total. The third-order valence-corrected chi connectivity index (χ3v) is 5.92. The Bertz CT molecular complexity index is 827. The first-order valence-electron chi connectivity index (χ1n) is 9.39. The highest BCUT2D eigenvalue weighted by molar-refractivity contribution is 6.30. The number of amides is 1. The fraction of sp³-hybridized carbons (Fsp3) is 0.409. The maximum atomic E-state index is 12.9. The molecule has 1 aliphatic carbocycles. The van der Waals surface area contributed by atoms with Crippen LogP contribution in [0, 0.1) is 19.8 Å². The summed E-state index contributed by atoms with van der Waals surface area (Å²) < 4.78 is 0. The van der Waals surface area contributed by atoms with Gasteiger partial charge >= 0.3 is 0 Å². The second-order valence-electron chi connectivity index (χ2n) is 7.61. The van der Waals surface area contributed by atoms with Crippen LogP contribution in [0.5, 0.6) is 0 Å². The predicted molar refractivity (Wildman–Crippen MR) is 107 cm³/mol. The Hall–Kier alpha value is -2.00. The van der Waals surface area contributed by atoms with Crippen LogP contribution in [-0.4, -0.2) is 37.0 Å². The standard InChI is InChI=1S/C22H25ClN2O/c1-15-4-3-5-17(12-15)19-14-20(19)22(26)25-10-8-24(9-11-25)21-13-18(23)7-6-16(21)2/h3-7,12-13,19-20H,8-11,14H2,1-2H3/t19-,20-/m0/s1. The number of aryl methyl sites for hydroxylation is 2. The van der Waals surface area contributed by atoms with Gasteiger partial charge in [0.2, 0.25) is 5.91 Å². The van der Waals surface area contributed by atoms with E-state index in [9.17, 15) is 4.79 Å². The van der Waals surface area contributed by atoms with Crippen molar-refractivity contribution in [1.29, 1.82) is 0 Å². The maximum Gasteiger partial charge on any atom is 0.226 e. The molecule has 2 aromatic rings. The Balaban J connectivity index is 1.36. The topological polar surface area (TPSA) is 23.6 Å². The van der Waals surface area contributed by atoms with Gasteiger partial charge in [-0.05, 0) is 49.4 Å². The van der Waals surface area contributed by atoms with E-state index in [4.69, 9.17) is 11.6 Å². The van der Waals surface area contributed by atoms with Crippen LogP contribution in [0.1, 0.15) is 29.0 Å². The van der Waals surface area contributed by atoms with Crippen molar-refractivity contribution in [3.8, 4) is 0 Å². The summed E-state index contributed by atoms with van der Waals surface area (Å²) in [6, 6.07) is 14.6. The van der Waals surface area contributed by atoms with E-state index in [0.29, 0.717) is 11.8 Å². The molecule has 136 valence electrons. The normalized spacial score (nSPS) is 22.4. The lowest BCUT2D eigenvalue weighted by molar-refractivity contribution is -0.132. The number of hydrogen-bond donors (Lipinski definition) is 0. The van der Waals surface area contributed by atoms with E-state index in [0.717, 1.165) is 37.6 Å². The predicted octanol–water partition coefficient (Wildman–Crippen LogP) is 4.41. The van der Waals surface area contributed by atoms with Crippen LogP contribution in [0.3, 0.4) is 0 Å². The average Bonchev–Trinajstić information content (AvgIpc) is 3.44. The van der Waals surface area contributed by atoms with Crippen LogP contribution >= 0.6 is 11.6 Å². The van der Waals surface area contributed by atoms with Crippen molar-refractivity contribution < 1.29 is 4.79 Å². The summed E-state index contributed by atoms with van der Waals surface area (Å²) in [6.07, 6.45) is 0.996. The molecule has 0 unspecified atom stereocenters. The Morgan fingerprint density at radius 1 is 1.04 bits per heavy atom. The molecular weight excluding hydrogens is 344 g/mol. The number of nitrogens with zero attached hydrogens (tertiary/aromatic N) is 2. The molecule has 1 heterocycles. The van der Waals surface area contributed by atoms with E-state index in [-0.39, 0.29) is 5.92 Å². The van der Waals surface area contributed by atoms with Gasteiger partial charge in [-0.25, -0.2) is 0 Å². The van der Waals surface area contributed by atoms with Crippen molar-refractivity contribution in [3.63, 3.8) is 0 Å². The van der Waals surface area contributed by atoms with Crippen molar-refractivity contribution in [1.82, 2.24) is 4.90 Å². The Morgan fingerprint density at radius 2 is 1.81 bits per heavy atom. The van der Waals surface area contributed by atoms with Gasteiger partial charge in [-0.2, -0.15) is 0 Å². The zero-order valence-corrected chi connectivity index (χ0v) is 16.2. The molecule has 1 saturated carbocycles. The molecule has 2 aliphatic rings. The molecule has 0 aromatic heterocycles. The van der Waals surface area contributed by atoms with Gasteiger partial charge in [-0.1, -0.05) is 47.5 Å². The molecule has 0 bridgehead atoms. The minimum Gasteiger partial charge on any atom is -0.368 e. The highest BCUT2D eigenvalue weighted by Crippen LogP contribution is 2.48. The number of halogens is 1. The SMILES string of the molecule is Cc1cccc([C@@H]2C[C@@H]2C(=O)N2CCN(c3cc(Cl)ccc3C)CC2)c1.